The number of ether oxygens (including phenoxy) is 1. The SMILES string of the molecule is CC1(C)C(=O)N(CCCO)C(=O)N1CC1CO1. The van der Waals surface area contributed by atoms with Crippen molar-refractivity contribution in [1.82, 2.24) is 9.80 Å². The van der Waals surface area contributed by atoms with E-state index < -0.39 is 5.54 Å². The normalized spacial score (nSPS) is 26.9. The molecule has 0 radical (unpaired) electrons. The van der Waals surface area contributed by atoms with Crippen LogP contribution in [0.25, 0.3) is 0 Å². The van der Waals surface area contributed by atoms with Crippen molar-refractivity contribution in [3.63, 3.8) is 0 Å². The largest absolute Gasteiger partial charge is 0.396 e. The van der Waals surface area contributed by atoms with Gasteiger partial charge in [0.25, 0.3) is 5.91 Å². The molecule has 1 atom stereocenters. The number of imide groups is 1. The van der Waals surface area contributed by atoms with Crippen LogP contribution in [0.3, 0.4) is 0 Å². The number of nitrogens with zero attached hydrogens (tertiary/aromatic N) is 2. The lowest BCUT2D eigenvalue weighted by atomic mass is 10.0. The molecular weight excluding hydrogens is 224 g/mol. The fourth-order valence-electron chi connectivity index (χ4n) is 2.03. The summed E-state index contributed by atoms with van der Waals surface area (Å²) in [7, 11) is 0. The monoisotopic (exact) mass is 242 g/mol. The van der Waals surface area contributed by atoms with E-state index >= 15 is 0 Å². The van der Waals surface area contributed by atoms with Gasteiger partial charge in [-0.25, -0.2) is 4.79 Å². The summed E-state index contributed by atoms with van der Waals surface area (Å²) < 4.78 is 5.10. The van der Waals surface area contributed by atoms with Crippen molar-refractivity contribution >= 4 is 11.9 Å². The van der Waals surface area contributed by atoms with E-state index in [1.807, 2.05) is 0 Å². The van der Waals surface area contributed by atoms with Gasteiger partial charge in [-0.15, -0.1) is 0 Å². The number of amides is 3. The average Bonchev–Trinajstić information content (AvgIpc) is 3.06. The van der Waals surface area contributed by atoms with Crippen molar-refractivity contribution in [3.8, 4) is 0 Å². The topological polar surface area (TPSA) is 73.4 Å². The van der Waals surface area contributed by atoms with Crippen LogP contribution in [0, 0.1) is 0 Å². The summed E-state index contributed by atoms with van der Waals surface area (Å²) >= 11 is 0. The third kappa shape index (κ3) is 2.14. The first-order valence-corrected chi connectivity index (χ1v) is 5.84. The van der Waals surface area contributed by atoms with Crippen molar-refractivity contribution in [2.45, 2.75) is 31.9 Å². The number of epoxide rings is 1. The summed E-state index contributed by atoms with van der Waals surface area (Å²) in [5, 5.41) is 8.77. The van der Waals surface area contributed by atoms with Crippen molar-refractivity contribution in [3.05, 3.63) is 0 Å². The Hall–Kier alpha value is -1.14. The minimum absolute atomic E-state index is 0.0246. The molecule has 2 rings (SSSR count). The number of aliphatic hydroxyl groups excluding tert-OH is 1. The number of carbonyl (C=O) groups is 2. The summed E-state index contributed by atoms with van der Waals surface area (Å²) in [6.07, 6.45) is 0.491. The number of urea groups is 1. The first-order chi connectivity index (χ1) is 7.98. The summed E-state index contributed by atoms with van der Waals surface area (Å²) in [6, 6.07) is -0.274. The molecule has 6 heteroatoms. The average molecular weight is 242 g/mol. The lowest BCUT2D eigenvalue weighted by Crippen LogP contribution is -2.45. The standard InChI is InChI=1S/C11H18N2O4/c1-11(2)9(15)12(4-3-5-14)10(16)13(11)6-8-7-17-8/h8,14H,3-7H2,1-2H3. The molecule has 0 aromatic carbocycles. The second kappa shape index (κ2) is 4.27. The van der Waals surface area contributed by atoms with Gasteiger partial charge in [0.2, 0.25) is 0 Å². The minimum atomic E-state index is -0.807. The van der Waals surface area contributed by atoms with Gasteiger partial charge in [-0.2, -0.15) is 0 Å². The van der Waals surface area contributed by atoms with Gasteiger partial charge < -0.3 is 14.7 Å². The molecule has 1 N–H and O–H groups in total. The quantitative estimate of drug-likeness (QED) is 0.535. The number of carbonyl (C=O) groups excluding carboxylic acids is 2. The molecule has 0 aliphatic carbocycles. The van der Waals surface area contributed by atoms with Gasteiger partial charge in [0.05, 0.1) is 19.3 Å². The molecule has 0 saturated carbocycles. The van der Waals surface area contributed by atoms with Crippen LogP contribution in [-0.4, -0.2) is 64.8 Å². The van der Waals surface area contributed by atoms with E-state index in [1.54, 1.807) is 18.7 Å². The van der Waals surface area contributed by atoms with Crippen molar-refractivity contribution in [2.24, 2.45) is 0 Å². The zero-order valence-corrected chi connectivity index (χ0v) is 10.2. The van der Waals surface area contributed by atoms with Crippen LogP contribution in [0.2, 0.25) is 0 Å². The van der Waals surface area contributed by atoms with Crippen LogP contribution >= 0.6 is 0 Å². The van der Waals surface area contributed by atoms with Crippen LogP contribution in [0.1, 0.15) is 20.3 Å². The highest BCUT2D eigenvalue weighted by Crippen LogP contribution is 2.29. The Bertz CT molecular complexity index is 338. The second-order valence-corrected chi connectivity index (χ2v) is 4.94. The second-order valence-electron chi connectivity index (χ2n) is 4.94. The Morgan fingerprint density at radius 3 is 2.65 bits per heavy atom. The van der Waals surface area contributed by atoms with E-state index in [-0.39, 0.29) is 31.2 Å². The highest BCUT2D eigenvalue weighted by Gasteiger charge is 2.52. The zero-order valence-electron chi connectivity index (χ0n) is 10.2. The molecule has 6 nitrogen and oxygen atoms in total. The van der Waals surface area contributed by atoms with Crippen LogP contribution in [0.15, 0.2) is 0 Å². The first-order valence-electron chi connectivity index (χ1n) is 5.84. The Morgan fingerprint density at radius 2 is 2.12 bits per heavy atom. The van der Waals surface area contributed by atoms with E-state index in [2.05, 4.69) is 0 Å². The van der Waals surface area contributed by atoms with Gasteiger partial charge in [0, 0.05) is 13.2 Å². The molecule has 2 aliphatic heterocycles. The van der Waals surface area contributed by atoms with Crippen molar-refractivity contribution < 1.29 is 19.4 Å². The van der Waals surface area contributed by atoms with E-state index in [0.717, 1.165) is 0 Å². The maximum absolute atomic E-state index is 12.1. The van der Waals surface area contributed by atoms with Gasteiger partial charge in [-0.1, -0.05) is 0 Å². The Balaban J connectivity index is 2.10. The minimum Gasteiger partial charge on any atom is -0.396 e. The Morgan fingerprint density at radius 1 is 1.47 bits per heavy atom. The third-order valence-corrected chi connectivity index (χ3v) is 3.23. The van der Waals surface area contributed by atoms with E-state index in [1.165, 1.54) is 4.90 Å². The zero-order chi connectivity index (χ0) is 12.6. The molecule has 3 amide bonds. The maximum Gasteiger partial charge on any atom is 0.327 e. The van der Waals surface area contributed by atoms with Crippen LogP contribution in [-0.2, 0) is 9.53 Å². The van der Waals surface area contributed by atoms with Gasteiger partial charge in [-0.05, 0) is 20.3 Å². The van der Waals surface area contributed by atoms with E-state index in [0.29, 0.717) is 19.6 Å². The summed E-state index contributed by atoms with van der Waals surface area (Å²) in [6.45, 7) is 4.86. The highest BCUT2D eigenvalue weighted by molar-refractivity contribution is 6.06. The molecule has 2 heterocycles. The lowest BCUT2D eigenvalue weighted by molar-refractivity contribution is -0.132. The Labute approximate surface area is 100 Å². The molecule has 0 aromatic heterocycles. The fraction of sp³-hybridized carbons (Fsp3) is 0.818. The molecule has 0 spiro atoms. The predicted octanol–water partition coefficient (Wildman–Crippen LogP) is -0.190. The highest BCUT2D eigenvalue weighted by atomic mass is 16.6. The van der Waals surface area contributed by atoms with Gasteiger partial charge in [0.15, 0.2) is 0 Å². The molecule has 0 bridgehead atoms. The summed E-state index contributed by atoms with van der Waals surface area (Å²) in [4.78, 5) is 27.0. The molecular formula is C11H18N2O4. The predicted molar refractivity (Wildman–Crippen MR) is 59.3 cm³/mol. The smallest absolute Gasteiger partial charge is 0.327 e. The summed E-state index contributed by atoms with van der Waals surface area (Å²) in [5.41, 5.74) is -0.807. The summed E-state index contributed by atoms with van der Waals surface area (Å²) in [5.74, 6) is -0.198. The number of rotatable bonds is 5. The van der Waals surface area contributed by atoms with Crippen molar-refractivity contribution in [1.29, 1.82) is 0 Å². The van der Waals surface area contributed by atoms with Crippen molar-refractivity contribution in [2.75, 3.05) is 26.3 Å². The maximum atomic E-state index is 12.1. The Kier molecular flexibility index (Phi) is 3.09. The molecule has 2 fully saturated rings. The molecule has 1 unspecified atom stereocenters. The van der Waals surface area contributed by atoms with Gasteiger partial charge in [-0.3, -0.25) is 9.69 Å². The van der Waals surface area contributed by atoms with Crippen LogP contribution < -0.4 is 0 Å². The van der Waals surface area contributed by atoms with E-state index in [4.69, 9.17) is 9.84 Å². The van der Waals surface area contributed by atoms with Crippen LogP contribution in [0.4, 0.5) is 4.79 Å². The molecule has 2 aliphatic rings. The molecule has 17 heavy (non-hydrogen) atoms. The lowest BCUT2D eigenvalue weighted by Gasteiger charge is -2.26. The molecule has 0 aromatic rings. The van der Waals surface area contributed by atoms with Crippen LogP contribution in [0.5, 0.6) is 0 Å². The third-order valence-electron chi connectivity index (χ3n) is 3.23. The van der Waals surface area contributed by atoms with Gasteiger partial charge in [0.1, 0.15) is 5.54 Å². The number of hydrogen-bond acceptors (Lipinski definition) is 4. The van der Waals surface area contributed by atoms with Gasteiger partial charge >= 0.3 is 6.03 Å². The number of aliphatic hydroxyl groups is 1. The molecule has 96 valence electrons. The number of hydrogen-bond donors (Lipinski definition) is 1. The fourth-order valence-corrected chi connectivity index (χ4v) is 2.03. The van der Waals surface area contributed by atoms with E-state index in [9.17, 15) is 9.59 Å². The first kappa shape index (κ1) is 12.3. The molecule has 2 saturated heterocycles.